The van der Waals surface area contributed by atoms with Gasteiger partial charge < -0.3 is 5.73 Å². The smallest absolute Gasteiger partial charge is 0.0238 e. The van der Waals surface area contributed by atoms with Crippen LogP contribution in [0.4, 0.5) is 0 Å². The third kappa shape index (κ3) is 4.97. The molecule has 0 radical (unpaired) electrons. The Morgan fingerprint density at radius 2 is 1.05 bits per heavy atom. The van der Waals surface area contributed by atoms with Gasteiger partial charge in [-0.15, -0.1) is 0 Å². The highest BCUT2D eigenvalue weighted by atomic mass is 15.1. The van der Waals surface area contributed by atoms with Gasteiger partial charge in [-0.3, -0.25) is 4.90 Å². The van der Waals surface area contributed by atoms with Gasteiger partial charge in [-0.2, -0.15) is 0 Å². The maximum absolute atomic E-state index is 5.81. The number of hydrogen-bond acceptors (Lipinski definition) is 2. The zero-order valence-corrected chi connectivity index (χ0v) is 14.3. The minimum absolute atomic E-state index is 0.690. The van der Waals surface area contributed by atoms with Gasteiger partial charge in [-0.05, 0) is 38.8 Å². The van der Waals surface area contributed by atoms with Crippen molar-refractivity contribution in [1.82, 2.24) is 4.90 Å². The second-order valence-electron chi connectivity index (χ2n) is 6.49. The van der Waals surface area contributed by atoms with Crippen molar-refractivity contribution in [1.29, 1.82) is 0 Å². The van der Waals surface area contributed by atoms with Gasteiger partial charge in [0.15, 0.2) is 0 Å². The summed E-state index contributed by atoms with van der Waals surface area (Å²) in [6.45, 7) is 12.2. The Balaban J connectivity index is 2.15. The number of aryl methyl sites for hydroxylation is 4. The number of benzene rings is 2. The van der Waals surface area contributed by atoms with Gasteiger partial charge >= 0.3 is 0 Å². The van der Waals surface area contributed by atoms with Crippen LogP contribution in [0.15, 0.2) is 36.4 Å². The summed E-state index contributed by atoms with van der Waals surface area (Å²) in [4.78, 5) is 2.43. The van der Waals surface area contributed by atoms with Crippen molar-refractivity contribution in [2.24, 2.45) is 5.73 Å². The lowest BCUT2D eigenvalue weighted by molar-refractivity contribution is 0.264. The van der Waals surface area contributed by atoms with Gasteiger partial charge in [-0.1, -0.05) is 58.7 Å². The Morgan fingerprint density at radius 1 is 0.682 bits per heavy atom. The predicted molar refractivity (Wildman–Crippen MR) is 95.0 cm³/mol. The number of nitrogens with two attached hydrogens (primary N) is 1. The second kappa shape index (κ2) is 7.57. The monoisotopic (exact) mass is 296 g/mol. The van der Waals surface area contributed by atoms with Gasteiger partial charge in [0.25, 0.3) is 0 Å². The molecule has 22 heavy (non-hydrogen) atoms. The molecule has 2 N–H and O–H groups in total. The molecule has 0 aliphatic rings. The number of nitrogens with zero attached hydrogens (tertiary/aromatic N) is 1. The molecule has 0 aliphatic carbocycles. The first-order valence-corrected chi connectivity index (χ1v) is 8.03. The summed E-state index contributed by atoms with van der Waals surface area (Å²) in [5.74, 6) is 0. The SMILES string of the molecule is Cc1cc(C)cc(CN(CCN)Cc2cc(C)cc(C)c2)c1. The molecule has 0 heterocycles. The van der Waals surface area contributed by atoms with Crippen molar-refractivity contribution in [2.75, 3.05) is 13.1 Å². The first kappa shape index (κ1) is 16.7. The van der Waals surface area contributed by atoms with E-state index < -0.39 is 0 Å². The Hall–Kier alpha value is -1.64. The zero-order valence-electron chi connectivity index (χ0n) is 14.3. The lowest BCUT2D eigenvalue weighted by atomic mass is 10.1. The van der Waals surface area contributed by atoms with Gasteiger partial charge in [0.2, 0.25) is 0 Å². The summed E-state index contributed by atoms with van der Waals surface area (Å²) >= 11 is 0. The van der Waals surface area contributed by atoms with Crippen LogP contribution in [0.1, 0.15) is 33.4 Å². The third-order valence-electron chi connectivity index (χ3n) is 3.82. The molecule has 0 bridgehead atoms. The van der Waals surface area contributed by atoms with E-state index in [4.69, 9.17) is 5.73 Å². The van der Waals surface area contributed by atoms with Crippen LogP contribution in [-0.4, -0.2) is 18.0 Å². The molecular weight excluding hydrogens is 268 g/mol. The molecule has 118 valence electrons. The summed E-state index contributed by atoms with van der Waals surface area (Å²) in [6, 6.07) is 13.5. The van der Waals surface area contributed by atoms with E-state index >= 15 is 0 Å². The molecule has 2 aromatic rings. The molecule has 0 fully saturated rings. The van der Waals surface area contributed by atoms with Gasteiger partial charge in [0, 0.05) is 26.2 Å². The van der Waals surface area contributed by atoms with Crippen molar-refractivity contribution in [3.63, 3.8) is 0 Å². The minimum Gasteiger partial charge on any atom is -0.329 e. The summed E-state index contributed by atoms with van der Waals surface area (Å²) < 4.78 is 0. The van der Waals surface area contributed by atoms with Crippen molar-refractivity contribution in [3.8, 4) is 0 Å². The Morgan fingerprint density at radius 3 is 1.36 bits per heavy atom. The highest BCUT2D eigenvalue weighted by Crippen LogP contribution is 2.15. The molecule has 2 rings (SSSR count). The summed E-state index contributed by atoms with van der Waals surface area (Å²) in [5.41, 5.74) is 13.9. The van der Waals surface area contributed by atoms with Gasteiger partial charge in [0.05, 0.1) is 0 Å². The molecule has 0 aromatic heterocycles. The van der Waals surface area contributed by atoms with E-state index in [2.05, 4.69) is 69.0 Å². The highest BCUT2D eigenvalue weighted by molar-refractivity contribution is 5.30. The van der Waals surface area contributed by atoms with E-state index in [1.54, 1.807) is 0 Å². The fourth-order valence-electron chi connectivity index (χ4n) is 3.23. The Labute approximate surface area is 135 Å². The molecule has 0 saturated heterocycles. The molecule has 2 heteroatoms. The molecule has 2 nitrogen and oxygen atoms in total. The van der Waals surface area contributed by atoms with Crippen LogP contribution in [0.25, 0.3) is 0 Å². The maximum Gasteiger partial charge on any atom is 0.0238 e. The molecule has 0 unspecified atom stereocenters. The van der Waals surface area contributed by atoms with Gasteiger partial charge in [-0.25, -0.2) is 0 Å². The predicted octanol–water partition coefficient (Wildman–Crippen LogP) is 3.88. The Bertz CT molecular complexity index is 538. The van der Waals surface area contributed by atoms with Crippen molar-refractivity contribution in [2.45, 2.75) is 40.8 Å². The largest absolute Gasteiger partial charge is 0.329 e. The number of rotatable bonds is 6. The molecular formula is C20H28N2. The number of hydrogen-bond donors (Lipinski definition) is 1. The normalized spacial score (nSPS) is 11.2. The van der Waals surface area contributed by atoms with Crippen LogP contribution in [0, 0.1) is 27.7 Å². The van der Waals surface area contributed by atoms with Crippen LogP contribution >= 0.6 is 0 Å². The van der Waals surface area contributed by atoms with Crippen LogP contribution in [0.5, 0.6) is 0 Å². The van der Waals surface area contributed by atoms with Crippen molar-refractivity contribution < 1.29 is 0 Å². The average Bonchev–Trinajstić information content (AvgIpc) is 2.36. The van der Waals surface area contributed by atoms with Gasteiger partial charge in [0.1, 0.15) is 0 Å². The van der Waals surface area contributed by atoms with E-state index in [9.17, 15) is 0 Å². The summed E-state index contributed by atoms with van der Waals surface area (Å²) in [6.07, 6.45) is 0. The topological polar surface area (TPSA) is 29.3 Å². The van der Waals surface area contributed by atoms with Crippen LogP contribution in [0.2, 0.25) is 0 Å². The van der Waals surface area contributed by atoms with E-state index in [0.29, 0.717) is 6.54 Å². The molecule has 0 amide bonds. The Kier molecular flexibility index (Phi) is 5.76. The first-order valence-electron chi connectivity index (χ1n) is 8.03. The van der Waals surface area contributed by atoms with Crippen molar-refractivity contribution >= 4 is 0 Å². The van der Waals surface area contributed by atoms with E-state index in [1.165, 1.54) is 33.4 Å². The van der Waals surface area contributed by atoms with E-state index in [1.807, 2.05) is 0 Å². The first-order chi connectivity index (χ1) is 10.5. The van der Waals surface area contributed by atoms with Crippen LogP contribution < -0.4 is 5.73 Å². The third-order valence-corrected chi connectivity index (χ3v) is 3.82. The summed E-state index contributed by atoms with van der Waals surface area (Å²) in [7, 11) is 0. The fraction of sp³-hybridized carbons (Fsp3) is 0.400. The van der Waals surface area contributed by atoms with E-state index in [-0.39, 0.29) is 0 Å². The maximum atomic E-state index is 5.81. The highest BCUT2D eigenvalue weighted by Gasteiger charge is 2.08. The van der Waals surface area contributed by atoms with E-state index in [0.717, 1.165) is 19.6 Å². The lowest BCUT2D eigenvalue weighted by Crippen LogP contribution is -2.28. The molecule has 0 atom stereocenters. The fourth-order valence-corrected chi connectivity index (χ4v) is 3.23. The quantitative estimate of drug-likeness (QED) is 0.876. The molecule has 0 aliphatic heterocycles. The molecule has 0 spiro atoms. The van der Waals surface area contributed by atoms with Crippen molar-refractivity contribution in [3.05, 3.63) is 69.8 Å². The zero-order chi connectivity index (χ0) is 16.1. The second-order valence-corrected chi connectivity index (χ2v) is 6.49. The summed E-state index contributed by atoms with van der Waals surface area (Å²) in [5, 5.41) is 0. The van der Waals surface area contributed by atoms with Crippen LogP contribution in [-0.2, 0) is 13.1 Å². The average molecular weight is 296 g/mol. The standard InChI is InChI=1S/C20H28N2/c1-15-7-16(2)10-19(9-15)13-22(6-5-21)14-20-11-17(3)8-18(4)12-20/h7-12H,5-6,13-14,21H2,1-4H3. The lowest BCUT2D eigenvalue weighted by Gasteiger charge is -2.23. The molecule has 0 saturated carbocycles. The minimum atomic E-state index is 0.690. The van der Waals surface area contributed by atoms with Crippen LogP contribution in [0.3, 0.4) is 0 Å². The molecule has 2 aromatic carbocycles.